The maximum absolute atomic E-state index is 13.6. The lowest BCUT2D eigenvalue weighted by atomic mass is 10.1. The minimum absolute atomic E-state index is 0.0275. The quantitative estimate of drug-likeness (QED) is 0.843. The summed E-state index contributed by atoms with van der Waals surface area (Å²) in [5, 5.41) is 19.4. The Balaban J connectivity index is 1.72. The summed E-state index contributed by atoms with van der Waals surface area (Å²) in [6, 6.07) is 6.98. The van der Waals surface area contributed by atoms with Crippen molar-refractivity contribution in [1.82, 2.24) is 9.88 Å². The van der Waals surface area contributed by atoms with Crippen LogP contribution in [0.3, 0.4) is 0 Å². The number of benzene rings is 1. The number of hydrogen-bond donors (Lipinski definition) is 2. The fourth-order valence-corrected chi connectivity index (χ4v) is 2.71. The van der Waals surface area contributed by atoms with Crippen LogP contribution in [-0.2, 0) is 0 Å². The highest BCUT2D eigenvalue weighted by Crippen LogP contribution is 2.30. The molecule has 0 saturated carbocycles. The SMILES string of the molecule is O=C(c1cccc(O)c1O)N1CCC[C@H](Oc2ncccc2F)C1. The monoisotopic (exact) mass is 332 g/mol. The minimum Gasteiger partial charge on any atom is -0.504 e. The molecule has 1 saturated heterocycles. The molecule has 0 unspecified atom stereocenters. The van der Waals surface area contributed by atoms with Crippen molar-refractivity contribution < 1.29 is 24.1 Å². The number of para-hydroxylation sites is 1. The van der Waals surface area contributed by atoms with Crippen molar-refractivity contribution in [2.24, 2.45) is 0 Å². The summed E-state index contributed by atoms with van der Waals surface area (Å²) >= 11 is 0. The Morgan fingerprint density at radius 2 is 2.12 bits per heavy atom. The van der Waals surface area contributed by atoms with Gasteiger partial charge in [-0.1, -0.05) is 6.07 Å². The van der Waals surface area contributed by atoms with Crippen LogP contribution in [0, 0.1) is 5.82 Å². The number of amides is 1. The van der Waals surface area contributed by atoms with Crippen LogP contribution < -0.4 is 4.74 Å². The number of ether oxygens (including phenoxy) is 1. The second kappa shape index (κ2) is 6.74. The van der Waals surface area contributed by atoms with Crippen LogP contribution in [0.15, 0.2) is 36.5 Å². The van der Waals surface area contributed by atoms with Crippen LogP contribution in [0.1, 0.15) is 23.2 Å². The van der Waals surface area contributed by atoms with E-state index >= 15 is 0 Å². The molecular formula is C17H17FN2O4. The van der Waals surface area contributed by atoms with E-state index in [9.17, 15) is 19.4 Å². The van der Waals surface area contributed by atoms with Crippen LogP contribution in [0.4, 0.5) is 4.39 Å². The maximum Gasteiger partial charge on any atom is 0.257 e. The molecule has 1 atom stereocenters. The largest absolute Gasteiger partial charge is 0.504 e. The number of nitrogens with zero attached hydrogens (tertiary/aromatic N) is 2. The van der Waals surface area contributed by atoms with Gasteiger partial charge in [-0.25, -0.2) is 9.37 Å². The average Bonchev–Trinajstić information content (AvgIpc) is 2.59. The fourth-order valence-electron chi connectivity index (χ4n) is 2.71. The zero-order chi connectivity index (χ0) is 17.1. The van der Waals surface area contributed by atoms with E-state index in [1.165, 1.54) is 41.4 Å². The van der Waals surface area contributed by atoms with Gasteiger partial charge in [0.1, 0.15) is 6.10 Å². The van der Waals surface area contributed by atoms with E-state index in [-0.39, 0.29) is 29.8 Å². The fraction of sp³-hybridized carbons (Fsp3) is 0.294. The number of aromatic hydroxyl groups is 2. The van der Waals surface area contributed by atoms with E-state index in [1.54, 1.807) is 0 Å². The highest BCUT2D eigenvalue weighted by atomic mass is 19.1. The first-order valence-electron chi connectivity index (χ1n) is 7.63. The summed E-state index contributed by atoms with van der Waals surface area (Å²) < 4.78 is 19.2. The van der Waals surface area contributed by atoms with Crippen LogP contribution in [0.5, 0.6) is 17.4 Å². The highest BCUT2D eigenvalue weighted by Gasteiger charge is 2.28. The predicted molar refractivity (Wildman–Crippen MR) is 83.5 cm³/mol. The molecule has 3 rings (SSSR count). The van der Waals surface area contributed by atoms with Gasteiger partial charge in [0.2, 0.25) is 0 Å². The molecule has 1 aliphatic heterocycles. The second-order valence-electron chi connectivity index (χ2n) is 5.60. The van der Waals surface area contributed by atoms with E-state index in [4.69, 9.17) is 4.74 Å². The number of carbonyl (C=O) groups is 1. The summed E-state index contributed by atoms with van der Waals surface area (Å²) in [4.78, 5) is 17.9. The van der Waals surface area contributed by atoms with Crippen LogP contribution in [0.2, 0.25) is 0 Å². The Bertz CT molecular complexity index is 753. The highest BCUT2D eigenvalue weighted by molar-refractivity contribution is 5.97. The van der Waals surface area contributed by atoms with E-state index in [0.29, 0.717) is 19.4 Å². The Hall–Kier alpha value is -2.83. The van der Waals surface area contributed by atoms with E-state index in [2.05, 4.69) is 4.98 Å². The molecule has 1 aromatic heterocycles. The molecule has 24 heavy (non-hydrogen) atoms. The smallest absolute Gasteiger partial charge is 0.257 e. The number of halogens is 1. The molecule has 6 nitrogen and oxygen atoms in total. The third kappa shape index (κ3) is 3.24. The van der Waals surface area contributed by atoms with Gasteiger partial charge < -0.3 is 19.8 Å². The Labute approximate surface area is 138 Å². The number of rotatable bonds is 3. The predicted octanol–water partition coefficient (Wildman–Crippen LogP) is 2.32. The molecule has 2 N–H and O–H groups in total. The van der Waals surface area contributed by atoms with Crippen molar-refractivity contribution in [3.05, 3.63) is 47.9 Å². The summed E-state index contributed by atoms with van der Waals surface area (Å²) in [6.07, 6.45) is 2.41. The first kappa shape index (κ1) is 16.0. The lowest BCUT2D eigenvalue weighted by molar-refractivity contribution is 0.0515. The number of aromatic nitrogens is 1. The van der Waals surface area contributed by atoms with Crippen LogP contribution in [0.25, 0.3) is 0 Å². The van der Waals surface area contributed by atoms with Gasteiger partial charge in [-0.2, -0.15) is 0 Å². The maximum atomic E-state index is 13.6. The third-order valence-corrected chi connectivity index (χ3v) is 3.91. The second-order valence-corrected chi connectivity index (χ2v) is 5.60. The molecule has 1 aromatic carbocycles. The van der Waals surface area contributed by atoms with Crippen molar-refractivity contribution >= 4 is 5.91 Å². The van der Waals surface area contributed by atoms with Crippen molar-refractivity contribution in [3.8, 4) is 17.4 Å². The summed E-state index contributed by atoms with van der Waals surface area (Å²) in [5.74, 6) is -1.83. The van der Waals surface area contributed by atoms with Gasteiger partial charge in [-0.15, -0.1) is 0 Å². The summed E-state index contributed by atoms with van der Waals surface area (Å²) in [6.45, 7) is 0.752. The Morgan fingerprint density at radius 1 is 1.29 bits per heavy atom. The molecule has 0 spiro atoms. The van der Waals surface area contributed by atoms with Crippen LogP contribution >= 0.6 is 0 Å². The van der Waals surface area contributed by atoms with Gasteiger partial charge in [0, 0.05) is 12.7 Å². The number of phenols is 2. The summed E-state index contributed by atoms with van der Waals surface area (Å²) in [7, 11) is 0. The molecule has 2 heterocycles. The normalized spacial score (nSPS) is 17.5. The molecule has 2 aromatic rings. The lowest BCUT2D eigenvalue weighted by Crippen LogP contribution is -2.44. The van der Waals surface area contributed by atoms with Gasteiger partial charge >= 0.3 is 0 Å². The molecule has 1 amide bonds. The zero-order valence-corrected chi connectivity index (χ0v) is 12.9. The van der Waals surface area contributed by atoms with Gasteiger partial charge in [0.05, 0.1) is 12.1 Å². The van der Waals surface area contributed by atoms with E-state index in [0.717, 1.165) is 0 Å². The topological polar surface area (TPSA) is 82.9 Å². The molecular weight excluding hydrogens is 315 g/mol. The van der Waals surface area contributed by atoms with E-state index in [1.807, 2.05) is 0 Å². The molecule has 1 aliphatic rings. The number of carbonyl (C=O) groups excluding carboxylic acids is 1. The lowest BCUT2D eigenvalue weighted by Gasteiger charge is -2.32. The number of pyridine rings is 1. The van der Waals surface area contributed by atoms with Crippen molar-refractivity contribution in [2.45, 2.75) is 18.9 Å². The Kier molecular flexibility index (Phi) is 4.50. The molecule has 7 heteroatoms. The number of piperidine rings is 1. The van der Waals surface area contributed by atoms with Gasteiger partial charge in [-0.05, 0) is 37.1 Å². The molecule has 126 valence electrons. The molecule has 0 bridgehead atoms. The van der Waals surface area contributed by atoms with Gasteiger partial charge in [0.15, 0.2) is 17.3 Å². The molecule has 0 aliphatic carbocycles. The number of phenolic OH excluding ortho intramolecular Hbond substituents is 2. The molecule has 0 radical (unpaired) electrons. The van der Waals surface area contributed by atoms with Crippen LogP contribution in [-0.4, -0.2) is 45.2 Å². The standard InChI is InChI=1S/C17H17FN2O4/c18-13-6-2-8-19-16(13)24-11-4-3-9-20(10-11)17(23)12-5-1-7-14(21)15(12)22/h1-2,5-8,11,21-22H,3-4,9-10H2/t11-/m0/s1. The third-order valence-electron chi connectivity index (χ3n) is 3.91. The first-order chi connectivity index (χ1) is 11.6. The number of hydrogen-bond acceptors (Lipinski definition) is 5. The minimum atomic E-state index is -0.549. The summed E-state index contributed by atoms with van der Waals surface area (Å²) in [5.41, 5.74) is 0.0275. The van der Waals surface area contributed by atoms with Gasteiger partial charge in [-0.3, -0.25) is 4.79 Å². The number of likely N-dealkylation sites (tertiary alicyclic amines) is 1. The first-order valence-corrected chi connectivity index (χ1v) is 7.63. The van der Waals surface area contributed by atoms with Crippen molar-refractivity contribution in [3.63, 3.8) is 0 Å². The molecule has 1 fully saturated rings. The van der Waals surface area contributed by atoms with Gasteiger partial charge in [0.25, 0.3) is 11.8 Å². The zero-order valence-electron chi connectivity index (χ0n) is 12.9. The average molecular weight is 332 g/mol. The van der Waals surface area contributed by atoms with E-state index < -0.39 is 17.5 Å². The van der Waals surface area contributed by atoms with Crippen molar-refractivity contribution in [1.29, 1.82) is 0 Å². The van der Waals surface area contributed by atoms with Crippen molar-refractivity contribution in [2.75, 3.05) is 13.1 Å². The Morgan fingerprint density at radius 3 is 2.92 bits per heavy atom.